The van der Waals surface area contributed by atoms with Crippen LogP contribution in [-0.2, 0) is 14.3 Å². The molecule has 1 aliphatic heterocycles. The molecule has 0 unspecified atom stereocenters. The number of hydrogen-bond donors (Lipinski definition) is 3. The first-order chi connectivity index (χ1) is 15.6. The monoisotopic (exact) mass is 450 g/mol. The Bertz CT molecular complexity index is 595. The van der Waals surface area contributed by atoms with Gasteiger partial charge >= 0.3 is 5.97 Å². The number of aliphatic hydroxyl groups excluding tert-OH is 3. The summed E-state index contributed by atoms with van der Waals surface area (Å²) in [6, 6.07) is 0. The molecule has 0 aliphatic carbocycles. The fourth-order valence-corrected chi connectivity index (χ4v) is 3.27. The smallest absolute Gasteiger partial charge is 0.306 e. The minimum absolute atomic E-state index is 0.0354. The van der Waals surface area contributed by atoms with Crippen molar-refractivity contribution in [2.24, 2.45) is 0 Å². The van der Waals surface area contributed by atoms with Gasteiger partial charge in [-0.1, -0.05) is 68.4 Å². The minimum Gasteiger partial charge on any atom is -0.457 e. The maximum Gasteiger partial charge on any atom is 0.306 e. The van der Waals surface area contributed by atoms with E-state index in [1.165, 1.54) is 25.7 Å². The second kappa shape index (κ2) is 18.8. The van der Waals surface area contributed by atoms with E-state index in [1.807, 2.05) is 6.08 Å². The van der Waals surface area contributed by atoms with Crippen molar-refractivity contribution in [1.29, 1.82) is 0 Å². The molecule has 0 aromatic heterocycles. The first-order valence-corrected chi connectivity index (χ1v) is 12.0. The molecule has 0 amide bonds. The summed E-state index contributed by atoms with van der Waals surface area (Å²) in [7, 11) is 0. The molecule has 1 aliphatic rings. The summed E-state index contributed by atoms with van der Waals surface area (Å²) in [5.74, 6) is -0.428. The van der Waals surface area contributed by atoms with E-state index in [4.69, 9.17) is 14.6 Å². The van der Waals surface area contributed by atoms with Gasteiger partial charge in [-0.2, -0.15) is 0 Å². The predicted octanol–water partition coefficient (Wildman–Crippen LogP) is 4.16. The quantitative estimate of drug-likeness (QED) is 0.186. The van der Waals surface area contributed by atoms with E-state index in [1.54, 1.807) is 0 Å². The van der Waals surface area contributed by atoms with Crippen molar-refractivity contribution in [3.05, 3.63) is 48.6 Å². The summed E-state index contributed by atoms with van der Waals surface area (Å²) in [6.45, 7) is 1.79. The number of carbonyl (C=O) groups excluding carboxylic acids is 1. The number of ether oxygens (including phenoxy) is 2. The SMILES string of the molecule is CCCCCC=CCC=CCC=CCC=CCCCC(=O)O[C@H]1CO[C@H](CO)[C@@H](O)[C@@H]1O. The number of esters is 1. The summed E-state index contributed by atoms with van der Waals surface area (Å²) in [4.78, 5) is 11.9. The number of allylic oxidation sites excluding steroid dienone is 8. The zero-order valence-electron chi connectivity index (χ0n) is 19.5. The van der Waals surface area contributed by atoms with Gasteiger partial charge in [0.05, 0.1) is 13.2 Å². The van der Waals surface area contributed by atoms with Gasteiger partial charge in [0.15, 0.2) is 6.10 Å². The third-order valence-electron chi connectivity index (χ3n) is 5.26. The summed E-state index contributed by atoms with van der Waals surface area (Å²) in [5.41, 5.74) is 0. The van der Waals surface area contributed by atoms with Gasteiger partial charge in [0.25, 0.3) is 0 Å². The normalized spacial score (nSPS) is 24.4. The zero-order valence-corrected chi connectivity index (χ0v) is 19.5. The van der Waals surface area contributed by atoms with E-state index in [2.05, 4.69) is 49.5 Å². The first kappa shape index (κ1) is 28.3. The lowest BCUT2D eigenvalue weighted by Crippen LogP contribution is -2.55. The molecule has 182 valence electrons. The number of hydrogen-bond acceptors (Lipinski definition) is 6. The molecule has 0 bridgehead atoms. The molecular weight excluding hydrogens is 408 g/mol. The zero-order chi connectivity index (χ0) is 23.4. The molecular formula is C26H42O6. The van der Waals surface area contributed by atoms with Crippen molar-refractivity contribution in [2.75, 3.05) is 13.2 Å². The van der Waals surface area contributed by atoms with Crippen molar-refractivity contribution >= 4 is 5.97 Å². The first-order valence-electron chi connectivity index (χ1n) is 12.0. The molecule has 1 saturated heterocycles. The van der Waals surface area contributed by atoms with Crippen molar-refractivity contribution in [2.45, 2.75) is 95.5 Å². The van der Waals surface area contributed by atoms with Crippen LogP contribution in [0.15, 0.2) is 48.6 Å². The molecule has 0 aromatic carbocycles. The van der Waals surface area contributed by atoms with Crippen LogP contribution in [0.25, 0.3) is 0 Å². The Kier molecular flexibility index (Phi) is 16.6. The Balaban J connectivity index is 2.03. The van der Waals surface area contributed by atoms with Gasteiger partial charge in [-0.05, 0) is 44.9 Å². The molecule has 0 radical (unpaired) electrons. The van der Waals surface area contributed by atoms with Crippen LogP contribution in [0.4, 0.5) is 0 Å². The molecule has 6 nitrogen and oxygen atoms in total. The largest absolute Gasteiger partial charge is 0.457 e. The van der Waals surface area contributed by atoms with Gasteiger partial charge in [0.2, 0.25) is 0 Å². The van der Waals surface area contributed by atoms with Crippen LogP contribution in [0.3, 0.4) is 0 Å². The van der Waals surface area contributed by atoms with Crippen LogP contribution in [0.2, 0.25) is 0 Å². The fraction of sp³-hybridized carbons (Fsp3) is 0.654. The lowest BCUT2D eigenvalue weighted by atomic mass is 10.0. The van der Waals surface area contributed by atoms with Crippen LogP contribution < -0.4 is 0 Å². The predicted molar refractivity (Wildman–Crippen MR) is 127 cm³/mol. The lowest BCUT2D eigenvalue weighted by molar-refractivity contribution is -0.210. The van der Waals surface area contributed by atoms with Crippen LogP contribution in [0.1, 0.15) is 71.1 Å². The summed E-state index contributed by atoms with van der Waals surface area (Å²) < 4.78 is 10.4. The van der Waals surface area contributed by atoms with E-state index in [9.17, 15) is 15.0 Å². The topological polar surface area (TPSA) is 96.2 Å². The second-order valence-corrected chi connectivity index (χ2v) is 8.04. The standard InChI is InChI=1S/C26H42O6/c1-2-3-4-5-6-7-8-9-10-11-12-13-14-15-16-17-18-19-24(28)32-23-21-31-22(20-27)25(29)26(23)30/h6-7,9-10,12-13,15-16,22-23,25-27,29-30H,2-5,8,11,14,17-21H2,1H3/t22-,23+,25-,26-/m1/s1. The number of unbranched alkanes of at least 4 members (excludes halogenated alkanes) is 4. The van der Waals surface area contributed by atoms with Crippen LogP contribution in [-0.4, -0.2) is 58.9 Å². The molecule has 6 heteroatoms. The van der Waals surface area contributed by atoms with E-state index in [0.29, 0.717) is 6.42 Å². The molecule has 4 atom stereocenters. The highest BCUT2D eigenvalue weighted by Gasteiger charge is 2.40. The van der Waals surface area contributed by atoms with Gasteiger partial charge in [-0.3, -0.25) is 4.79 Å². The van der Waals surface area contributed by atoms with Crippen molar-refractivity contribution in [3.8, 4) is 0 Å². The summed E-state index contributed by atoms with van der Waals surface area (Å²) >= 11 is 0. The molecule has 32 heavy (non-hydrogen) atoms. The Morgan fingerprint density at radius 2 is 1.44 bits per heavy atom. The summed E-state index contributed by atoms with van der Waals surface area (Å²) in [5, 5.41) is 28.8. The minimum atomic E-state index is -1.27. The van der Waals surface area contributed by atoms with Crippen molar-refractivity contribution in [3.63, 3.8) is 0 Å². The highest BCUT2D eigenvalue weighted by Crippen LogP contribution is 2.18. The molecule has 1 rings (SSSR count). The van der Waals surface area contributed by atoms with Crippen molar-refractivity contribution in [1.82, 2.24) is 0 Å². The number of rotatable bonds is 16. The molecule has 3 N–H and O–H groups in total. The molecule has 0 spiro atoms. The van der Waals surface area contributed by atoms with Gasteiger partial charge in [-0.25, -0.2) is 0 Å². The lowest BCUT2D eigenvalue weighted by Gasteiger charge is -2.36. The van der Waals surface area contributed by atoms with Gasteiger partial charge in [-0.15, -0.1) is 0 Å². The Morgan fingerprint density at radius 1 is 0.875 bits per heavy atom. The Hall–Kier alpha value is -1.73. The van der Waals surface area contributed by atoms with Gasteiger partial charge in [0.1, 0.15) is 18.3 Å². The second-order valence-electron chi connectivity index (χ2n) is 8.04. The fourth-order valence-electron chi connectivity index (χ4n) is 3.27. The number of aliphatic hydroxyl groups is 3. The Labute approximate surface area is 193 Å². The van der Waals surface area contributed by atoms with E-state index < -0.39 is 37.0 Å². The van der Waals surface area contributed by atoms with Crippen LogP contribution in [0.5, 0.6) is 0 Å². The highest BCUT2D eigenvalue weighted by atomic mass is 16.6. The van der Waals surface area contributed by atoms with E-state index >= 15 is 0 Å². The van der Waals surface area contributed by atoms with Gasteiger partial charge < -0.3 is 24.8 Å². The average molecular weight is 451 g/mol. The van der Waals surface area contributed by atoms with Crippen LogP contribution in [0, 0.1) is 0 Å². The van der Waals surface area contributed by atoms with Crippen molar-refractivity contribution < 1.29 is 29.6 Å². The highest BCUT2D eigenvalue weighted by molar-refractivity contribution is 5.69. The average Bonchev–Trinajstić information content (AvgIpc) is 2.79. The Morgan fingerprint density at radius 3 is 2.00 bits per heavy atom. The van der Waals surface area contributed by atoms with Gasteiger partial charge in [0, 0.05) is 6.42 Å². The molecule has 1 fully saturated rings. The molecule has 0 aromatic rings. The third-order valence-corrected chi connectivity index (χ3v) is 5.26. The maximum absolute atomic E-state index is 11.9. The maximum atomic E-state index is 11.9. The summed E-state index contributed by atoms with van der Waals surface area (Å²) in [6.07, 6.45) is 22.5. The molecule has 1 heterocycles. The third kappa shape index (κ3) is 13.0. The van der Waals surface area contributed by atoms with E-state index in [0.717, 1.165) is 25.7 Å². The van der Waals surface area contributed by atoms with E-state index in [-0.39, 0.29) is 13.0 Å². The molecule has 0 saturated carbocycles. The number of carbonyl (C=O) groups is 1. The van der Waals surface area contributed by atoms with Crippen LogP contribution >= 0.6 is 0 Å².